The quantitative estimate of drug-likeness (QED) is 0.164. The van der Waals surface area contributed by atoms with Crippen molar-refractivity contribution >= 4 is 39.0 Å². The van der Waals surface area contributed by atoms with Gasteiger partial charge in [0.15, 0.2) is 11.6 Å². The van der Waals surface area contributed by atoms with Crippen LogP contribution in [0.3, 0.4) is 0 Å². The Bertz CT molecular complexity index is 1830. The van der Waals surface area contributed by atoms with E-state index in [9.17, 15) is 5.11 Å². The van der Waals surface area contributed by atoms with Crippen molar-refractivity contribution < 1.29 is 9.50 Å². The Labute approximate surface area is 233 Å². The Morgan fingerprint density at radius 2 is 1.93 bits per heavy atom. The van der Waals surface area contributed by atoms with Gasteiger partial charge in [0.05, 0.1) is 40.0 Å². The molecular formula is C30H28FN7OS. The molecule has 0 aliphatic heterocycles. The van der Waals surface area contributed by atoms with Crippen LogP contribution in [0.15, 0.2) is 55.0 Å². The highest BCUT2D eigenvalue weighted by Crippen LogP contribution is 2.36. The number of para-hydroxylation sites is 1. The Morgan fingerprint density at radius 3 is 2.75 bits per heavy atom. The molecule has 1 saturated carbocycles. The third kappa shape index (κ3) is 4.43. The first-order chi connectivity index (χ1) is 19.5. The number of benzene rings is 1. The molecule has 1 aliphatic carbocycles. The number of fused-ring (bicyclic) bond motifs is 2. The molecule has 1 aromatic carbocycles. The summed E-state index contributed by atoms with van der Waals surface area (Å²) in [7, 11) is 0. The number of H-pyrrole nitrogens is 2. The maximum absolute atomic E-state index is 16.2. The molecule has 202 valence electrons. The second-order valence-electron chi connectivity index (χ2n) is 10.4. The molecule has 1 atom stereocenters. The highest BCUT2D eigenvalue weighted by Gasteiger charge is 2.23. The molecule has 1 aliphatic rings. The summed E-state index contributed by atoms with van der Waals surface area (Å²) in [6, 6.07) is 11.9. The average molecular weight is 554 g/mol. The minimum absolute atomic E-state index is 0.157. The summed E-state index contributed by atoms with van der Waals surface area (Å²) in [4.78, 5) is 19.2. The minimum Gasteiger partial charge on any atom is -0.374 e. The Kier molecular flexibility index (Phi) is 6.28. The van der Waals surface area contributed by atoms with Gasteiger partial charge >= 0.3 is 0 Å². The van der Waals surface area contributed by atoms with Gasteiger partial charge in [-0.05, 0) is 44.0 Å². The van der Waals surface area contributed by atoms with Crippen molar-refractivity contribution in [2.24, 2.45) is 5.92 Å². The largest absolute Gasteiger partial charge is 0.374 e. The Hall–Kier alpha value is -4.15. The fourth-order valence-corrected chi connectivity index (χ4v) is 6.55. The number of hydrogen-bond acceptors (Lipinski definition) is 7. The number of nitrogens with one attached hydrogen (secondary N) is 3. The van der Waals surface area contributed by atoms with E-state index in [2.05, 4.69) is 49.5 Å². The molecule has 8 nitrogen and oxygen atoms in total. The van der Waals surface area contributed by atoms with E-state index in [-0.39, 0.29) is 11.6 Å². The fraction of sp³-hybridized carbons (Fsp3) is 0.267. The third-order valence-electron chi connectivity index (χ3n) is 7.71. The first kappa shape index (κ1) is 24.9. The molecule has 4 N–H and O–H groups in total. The number of imidazole rings is 1. The molecule has 5 aromatic heterocycles. The molecule has 0 spiro atoms. The highest BCUT2D eigenvalue weighted by atomic mass is 32.1. The standard InChI is InChI=1S/C30H28FN7OS/c1-16-10-11-23(40-16)20-8-5-9-21-27(20)36-29(35-21)28-24-22(37-38-28)15-33-26(25(24)31)18-12-19(14-32-13-18)34-30(39)17-6-3-2-4-7-17/h5,8-15,17,30,34,39H,2-4,6-7H2,1H3,(H,35,36)(H,37,38). The van der Waals surface area contributed by atoms with Gasteiger partial charge in [-0.25, -0.2) is 9.37 Å². The molecule has 0 saturated heterocycles. The van der Waals surface area contributed by atoms with Gasteiger partial charge in [0.25, 0.3) is 0 Å². The molecule has 7 rings (SSSR count). The van der Waals surface area contributed by atoms with Gasteiger partial charge in [-0.2, -0.15) is 5.10 Å². The van der Waals surface area contributed by atoms with Gasteiger partial charge < -0.3 is 15.4 Å². The van der Waals surface area contributed by atoms with Crippen molar-refractivity contribution in [3.05, 3.63) is 65.7 Å². The van der Waals surface area contributed by atoms with Crippen molar-refractivity contribution in [3.8, 4) is 33.2 Å². The van der Waals surface area contributed by atoms with E-state index in [1.165, 1.54) is 11.3 Å². The number of pyridine rings is 2. The van der Waals surface area contributed by atoms with E-state index in [1.807, 2.05) is 18.2 Å². The molecule has 1 fully saturated rings. The number of aliphatic hydroxyl groups excluding tert-OH is 1. The molecule has 6 aromatic rings. The number of thiophene rings is 1. The van der Waals surface area contributed by atoms with E-state index in [0.29, 0.717) is 33.7 Å². The monoisotopic (exact) mass is 553 g/mol. The van der Waals surface area contributed by atoms with Gasteiger partial charge in [0, 0.05) is 33.0 Å². The number of aromatic amines is 2. The molecule has 5 heterocycles. The topological polar surface area (TPSA) is 115 Å². The van der Waals surface area contributed by atoms with Crippen LogP contribution in [-0.2, 0) is 0 Å². The van der Waals surface area contributed by atoms with Gasteiger partial charge in [-0.3, -0.25) is 15.1 Å². The molecule has 10 heteroatoms. The number of hydrogen-bond donors (Lipinski definition) is 4. The number of nitrogens with zero attached hydrogens (tertiary/aromatic N) is 4. The molecular weight excluding hydrogens is 525 g/mol. The van der Waals surface area contributed by atoms with E-state index < -0.39 is 12.0 Å². The minimum atomic E-state index is -0.672. The van der Waals surface area contributed by atoms with Crippen LogP contribution in [0.4, 0.5) is 10.1 Å². The lowest BCUT2D eigenvalue weighted by atomic mass is 9.88. The third-order valence-corrected chi connectivity index (χ3v) is 8.74. The first-order valence-corrected chi connectivity index (χ1v) is 14.4. The summed E-state index contributed by atoms with van der Waals surface area (Å²) in [6.45, 7) is 2.08. The predicted molar refractivity (Wildman–Crippen MR) is 156 cm³/mol. The number of anilines is 1. The van der Waals surface area contributed by atoms with Crippen molar-refractivity contribution in [2.75, 3.05) is 5.32 Å². The summed E-state index contributed by atoms with van der Waals surface area (Å²) in [5.41, 5.74) is 4.83. The van der Waals surface area contributed by atoms with Gasteiger partial charge in [-0.1, -0.05) is 31.4 Å². The number of aliphatic hydroxyl groups is 1. The smallest absolute Gasteiger partial charge is 0.161 e. The zero-order chi connectivity index (χ0) is 27.2. The van der Waals surface area contributed by atoms with Gasteiger partial charge in [-0.15, -0.1) is 11.3 Å². The van der Waals surface area contributed by atoms with Crippen LogP contribution in [0.1, 0.15) is 37.0 Å². The Morgan fingerprint density at radius 1 is 1.05 bits per heavy atom. The number of halogens is 1. The maximum Gasteiger partial charge on any atom is 0.161 e. The average Bonchev–Trinajstić information content (AvgIpc) is 3.72. The summed E-state index contributed by atoms with van der Waals surface area (Å²) in [5.74, 6) is 0.162. The molecule has 0 bridgehead atoms. The van der Waals surface area contributed by atoms with Gasteiger partial charge in [0.2, 0.25) is 0 Å². The van der Waals surface area contributed by atoms with Crippen LogP contribution in [0.5, 0.6) is 0 Å². The van der Waals surface area contributed by atoms with Crippen molar-refractivity contribution in [1.82, 2.24) is 30.1 Å². The van der Waals surface area contributed by atoms with Gasteiger partial charge in [0.1, 0.15) is 17.6 Å². The second kappa shape index (κ2) is 10.1. The zero-order valence-corrected chi connectivity index (χ0v) is 22.7. The van der Waals surface area contributed by atoms with E-state index in [1.54, 1.807) is 36.0 Å². The van der Waals surface area contributed by atoms with Crippen LogP contribution in [-0.4, -0.2) is 41.5 Å². The Balaban J connectivity index is 1.26. The maximum atomic E-state index is 16.2. The predicted octanol–water partition coefficient (Wildman–Crippen LogP) is 7.05. The molecule has 1 unspecified atom stereocenters. The zero-order valence-electron chi connectivity index (χ0n) is 21.9. The van der Waals surface area contributed by atoms with Crippen molar-refractivity contribution in [3.63, 3.8) is 0 Å². The van der Waals surface area contributed by atoms with Crippen molar-refractivity contribution in [2.45, 2.75) is 45.3 Å². The molecule has 0 amide bonds. The number of rotatable bonds is 6. The number of aromatic nitrogens is 6. The second-order valence-corrected chi connectivity index (χ2v) is 11.7. The van der Waals surface area contributed by atoms with Crippen LogP contribution in [0.2, 0.25) is 0 Å². The summed E-state index contributed by atoms with van der Waals surface area (Å²) in [6.07, 6.45) is 9.57. The lowest BCUT2D eigenvalue weighted by Crippen LogP contribution is -2.30. The van der Waals surface area contributed by atoms with E-state index in [4.69, 9.17) is 4.98 Å². The summed E-state index contributed by atoms with van der Waals surface area (Å²) < 4.78 is 16.2. The van der Waals surface area contributed by atoms with Crippen molar-refractivity contribution in [1.29, 1.82) is 0 Å². The fourth-order valence-electron chi connectivity index (χ4n) is 5.66. The SMILES string of the molecule is Cc1ccc(-c2cccc3[nH]c(-c4n[nH]c5cnc(-c6cncc(NC(O)C7CCCCC7)c6)c(F)c45)nc23)s1. The highest BCUT2D eigenvalue weighted by molar-refractivity contribution is 7.15. The van der Waals surface area contributed by atoms with Crippen LogP contribution < -0.4 is 5.32 Å². The lowest BCUT2D eigenvalue weighted by molar-refractivity contribution is 0.109. The number of aryl methyl sites for hydroxylation is 1. The first-order valence-electron chi connectivity index (χ1n) is 13.5. The van der Waals surface area contributed by atoms with Crippen LogP contribution in [0, 0.1) is 18.7 Å². The normalized spacial score (nSPS) is 15.2. The van der Waals surface area contributed by atoms with E-state index >= 15 is 4.39 Å². The van der Waals surface area contributed by atoms with E-state index in [0.717, 1.165) is 47.2 Å². The molecule has 40 heavy (non-hydrogen) atoms. The van der Waals surface area contributed by atoms with Crippen LogP contribution in [0.25, 0.3) is 55.2 Å². The summed E-state index contributed by atoms with van der Waals surface area (Å²) in [5, 5.41) is 21.5. The van der Waals surface area contributed by atoms with Crippen LogP contribution >= 0.6 is 11.3 Å². The summed E-state index contributed by atoms with van der Waals surface area (Å²) >= 11 is 1.71. The molecule has 0 radical (unpaired) electrons. The lowest BCUT2D eigenvalue weighted by Gasteiger charge is -2.27.